The SMILES string of the molecule is CC(Sc1ccccc1/C=C/C1=NCCN(C)c2ccccc21)c1ccccc1. The monoisotopic (exact) mass is 398 g/mol. The van der Waals surface area contributed by atoms with Crippen LogP contribution in [0.2, 0.25) is 0 Å². The normalized spacial score (nSPS) is 15.0. The summed E-state index contributed by atoms with van der Waals surface area (Å²) in [6.45, 7) is 4.02. The van der Waals surface area contributed by atoms with Crippen LogP contribution in [-0.2, 0) is 0 Å². The van der Waals surface area contributed by atoms with Crippen LogP contribution in [0.5, 0.6) is 0 Å². The second kappa shape index (κ2) is 9.15. The van der Waals surface area contributed by atoms with Crippen molar-refractivity contribution in [3.8, 4) is 0 Å². The highest BCUT2D eigenvalue weighted by Gasteiger charge is 2.14. The minimum atomic E-state index is 0.398. The van der Waals surface area contributed by atoms with E-state index in [9.17, 15) is 0 Å². The number of allylic oxidation sites excluding steroid dienone is 1. The molecule has 0 N–H and O–H groups in total. The zero-order valence-corrected chi connectivity index (χ0v) is 17.8. The molecule has 29 heavy (non-hydrogen) atoms. The molecule has 0 aromatic heterocycles. The van der Waals surface area contributed by atoms with Crippen molar-refractivity contribution in [2.45, 2.75) is 17.1 Å². The Labute approximate surface area is 178 Å². The predicted octanol–water partition coefficient (Wildman–Crippen LogP) is 6.49. The van der Waals surface area contributed by atoms with E-state index in [1.54, 1.807) is 0 Å². The van der Waals surface area contributed by atoms with Crippen LogP contribution in [0.4, 0.5) is 5.69 Å². The van der Waals surface area contributed by atoms with Gasteiger partial charge in [-0.15, -0.1) is 11.8 Å². The Morgan fingerprint density at radius 1 is 0.897 bits per heavy atom. The summed E-state index contributed by atoms with van der Waals surface area (Å²) in [5, 5.41) is 0.398. The third-order valence-electron chi connectivity index (χ3n) is 5.22. The maximum atomic E-state index is 4.85. The molecule has 1 heterocycles. The first-order valence-electron chi connectivity index (χ1n) is 10.1. The van der Waals surface area contributed by atoms with Gasteiger partial charge in [-0.2, -0.15) is 0 Å². The van der Waals surface area contributed by atoms with E-state index in [1.807, 2.05) is 11.8 Å². The number of benzene rings is 3. The molecular weight excluding hydrogens is 372 g/mol. The van der Waals surface area contributed by atoms with E-state index < -0.39 is 0 Å². The Hall–Kier alpha value is -2.78. The maximum absolute atomic E-state index is 4.85. The van der Waals surface area contributed by atoms with Crippen LogP contribution in [0, 0.1) is 0 Å². The summed E-state index contributed by atoms with van der Waals surface area (Å²) in [5.41, 5.74) is 6.08. The maximum Gasteiger partial charge on any atom is 0.0668 e. The standard InChI is InChI=1S/C26H26N2S/c1-20(21-10-4-3-5-11-21)29-26-15-9-6-12-22(26)16-17-24-23-13-7-8-14-25(23)28(2)19-18-27-24/h3-17,20H,18-19H2,1-2H3/b17-16+. The molecule has 1 aliphatic rings. The van der Waals surface area contributed by atoms with E-state index in [0.717, 1.165) is 18.8 Å². The second-order valence-corrected chi connectivity index (χ2v) is 8.63. The fourth-order valence-corrected chi connectivity index (χ4v) is 4.67. The number of aliphatic imine (C=N–C) groups is 1. The van der Waals surface area contributed by atoms with Crippen molar-refractivity contribution >= 4 is 29.2 Å². The van der Waals surface area contributed by atoms with Crippen LogP contribution >= 0.6 is 11.8 Å². The Kier molecular flexibility index (Phi) is 6.16. The smallest absolute Gasteiger partial charge is 0.0668 e. The Bertz CT molecular complexity index is 1020. The highest BCUT2D eigenvalue weighted by Crippen LogP contribution is 2.37. The topological polar surface area (TPSA) is 15.6 Å². The van der Waals surface area contributed by atoms with Crippen molar-refractivity contribution < 1.29 is 0 Å². The van der Waals surface area contributed by atoms with Gasteiger partial charge in [-0.25, -0.2) is 0 Å². The number of hydrogen-bond donors (Lipinski definition) is 0. The van der Waals surface area contributed by atoms with Gasteiger partial charge in [0, 0.05) is 35.0 Å². The average molecular weight is 399 g/mol. The van der Waals surface area contributed by atoms with E-state index in [0.29, 0.717) is 5.25 Å². The van der Waals surface area contributed by atoms with E-state index >= 15 is 0 Å². The molecule has 1 atom stereocenters. The molecule has 0 fully saturated rings. The molecule has 0 saturated heterocycles. The fourth-order valence-electron chi connectivity index (χ4n) is 3.57. The number of fused-ring (bicyclic) bond motifs is 1. The van der Waals surface area contributed by atoms with Crippen LogP contribution in [0.25, 0.3) is 6.08 Å². The van der Waals surface area contributed by atoms with E-state index in [2.05, 4.69) is 110 Å². The summed E-state index contributed by atoms with van der Waals surface area (Å²) < 4.78 is 0. The first-order chi connectivity index (χ1) is 14.2. The zero-order valence-electron chi connectivity index (χ0n) is 17.0. The number of rotatable bonds is 5. The number of benzodiazepines with no additional fused rings is 1. The molecule has 0 spiro atoms. The van der Waals surface area contributed by atoms with Gasteiger partial charge in [0.2, 0.25) is 0 Å². The van der Waals surface area contributed by atoms with Gasteiger partial charge in [0.15, 0.2) is 0 Å². The van der Waals surface area contributed by atoms with Gasteiger partial charge in [-0.1, -0.05) is 72.8 Å². The lowest BCUT2D eigenvalue weighted by Gasteiger charge is -2.18. The minimum absolute atomic E-state index is 0.398. The minimum Gasteiger partial charge on any atom is -0.372 e. The third kappa shape index (κ3) is 4.63. The molecule has 4 rings (SSSR count). The number of nitrogens with zero attached hydrogens (tertiary/aromatic N) is 2. The lowest BCUT2D eigenvalue weighted by molar-refractivity contribution is 0.897. The highest BCUT2D eigenvalue weighted by atomic mass is 32.2. The zero-order chi connectivity index (χ0) is 20.1. The molecule has 0 saturated carbocycles. The predicted molar refractivity (Wildman–Crippen MR) is 127 cm³/mol. The largest absolute Gasteiger partial charge is 0.372 e. The van der Waals surface area contributed by atoms with Crippen LogP contribution < -0.4 is 4.90 Å². The van der Waals surface area contributed by atoms with Crippen LogP contribution in [0.15, 0.2) is 94.8 Å². The highest BCUT2D eigenvalue weighted by molar-refractivity contribution is 7.99. The summed E-state index contributed by atoms with van der Waals surface area (Å²) in [7, 11) is 2.14. The molecule has 1 aliphatic heterocycles. The van der Waals surface area contributed by atoms with Crippen molar-refractivity contribution in [1.82, 2.24) is 0 Å². The Morgan fingerprint density at radius 2 is 1.62 bits per heavy atom. The molecule has 146 valence electrons. The number of thioether (sulfide) groups is 1. The molecule has 0 aliphatic carbocycles. The van der Waals surface area contributed by atoms with Crippen molar-refractivity contribution in [2.24, 2.45) is 4.99 Å². The lowest BCUT2D eigenvalue weighted by atomic mass is 10.1. The van der Waals surface area contributed by atoms with Gasteiger partial charge in [0.25, 0.3) is 0 Å². The molecule has 1 unspecified atom stereocenters. The summed E-state index contributed by atoms with van der Waals surface area (Å²) in [5.74, 6) is 0. The lowest BCUT2D eigenvalue weighted by Crippen LogP contribution is -2.20. The number of hydrogen-bond acceptors (Lipinski definition) is 3. The van der Waals surface area contributed by atoms with Crippen LogP contribution in [-0.4, -0.2) is 25.8 Å². The Balaban J connectivity index is 1.60. The number of para-hydroxylation sites is 1. The quantitative estimate of drug-likeness (QED) is 0.456. The first-order valence-corrected chi connectivity index (χ1v) is 10.9. The van der Waals surface area contributed by atoms with Gasteiger partial charge < -0.3 is 4.90 Å². The summed E-state index contributed by atoms with van der Waals surface area (Å²) >= 11 is 1.90. The van der Waals surface area contributed by atoms with E-state index in [-0.39, 0.29) is 0 Å². The van der Waals surface area contributed by atoms with Crippen LogP contribution in [0.3, 0.4) is 0 Å². The Morgan fingerprint density at radius 3 is 2.48 bits per heavy atom. The van der Waals surface area contributed by atoms with Gasteiger partial charge in [0.05, 0.1) is 12.3 Å². The van der Waals surface area contributed by atoms with E-state index in [4.69, 9.17) is 4.99 Å². The van der Waals surface area contributed by atoms with Crippen molar-refractivity contribution in [1.29, 1.82) is 0 Å². The molecular formula is C26H26N2S. The molecule has 0 amide bonds. The van der Waals surface area contributed by atoms with E-state index in [1.165, 1.54) is 27.3 Å². The average Bonchev–Trinajstić information content (AvgIpc) is 2.93. The fraction of sp³-hybridized carbons (Fsp3) is 0.192. The molecule has 3 heteroatoms. The summed E-state index contributed by atoms with van der Waals surface area (Å²) in [6, 6.07) is 27.8. The van der Waals surface area contributed by atoms with Crippen molar-refractivity contribution in [2.75, 3.05) is 25.0 Å². The summed E-state index contributed by atoms with van der Waals surface area (Å²) in [4.78, 5) is 8.42. The third-order valence-corrected chi connectivity index (χ3v) is 6.47. The molecule has 0 bridgehead atoms. The molecule has 3 aromatic rings. The molecule has 0 radical (unpaired) electrons. The second-order valence-electron chi connectivity index (χ2n) is 7.25. The van der Waals surface area contributed by atoms with Gasteiger partial charge >= 0.3 is 0 Å². The number of anilines is 1. The molecule has 3 aromatic carbocycles. The number of likely N-dealkylation sites (N-methyl/N-ethyl adjacent to an activating group) is 1. The summed E-state index contributed by atoms with van der Waals surface area (Å²) in [6.07, 6.45) is 4.38. The van der Waals surface area contributed by atoms with Gasteiger partial charge in [-0.05, 0) is 36.3 Å². The van der Waals surface area contributed by atoms with Crippen molar-refractivity contribution in [3.63, 3.8) is 0 Å². The first kappa shape index (κ1) is 19.5. The van der Waals surface area contributed by atoms with Crippen molar-refractivity contribution in [3.05, 3.63) is 102 Å². The van der Waals surface area contributed by atoms with Crippen LogP contribution in [0.1, 0.15) is 28.9 Å². The van der Waals surface area contributed by atoms with Gasteiger partial charge in [0.1, 0.15) is 0 Å². The molecule has 2 nitrogen and oxygen atoms in total. The van der Waals surface area contributed by atoms with Gasteiger partial charge in [-0.3, -0.25) is 4.99 Å².